The molecule has 1 aromatic heterocycles. The molecule has 0 atom stereocenters. The molecule has 0 radical (unpaired) electrons. The highest BCUT2D eigenvalue weighted by atomic mass is 14.8. The largest absolute Gasteiger partial charge is 0.319 e. The van der Waals surface area contributed by atoms with E-state index in [1.807, 2.05) is 25.4 Å². The first-order valence-electron chi connectivity index (χ1n) is 4.14. The van der Waals surface area contributed by atoms with Gasteiger partial charge in [0, 0.05) is 12.4 Å². The van der Waals surface area contributed by atoms with Gasteiger partial charge in [0.25, 0.3) is 0 Å². The second-order valence-electron chi connectivity index (χ2n) is 2.58. The zero-order chi connectivity index (χ0) is 8.65. The SMILES string of the molecule is C.CNCC/C=C/c1cccnc1. The molecule has 1 rings (SSSR count). The highest BCUT2D eigenvalue weighted by molar-refractivity contribution is 5.47. The summed E-state index contributed by atoms with van der Waals surface area (Å²) < 4.78 is 0. The standard InChI is InChI=1S/C10H14N2.CH4/c1-11-7-3-2-5-10-6-4-8-12-9-10;/h2,4-6,8-9,11H,3,7H2,1H3;1H4/b5-2+;. The van der Waals surface area contributed by atoms with E-state index >= 15 is 0 Å². The molecule has 2 heteroatoms. The molecule has 0 saturated carbocycles. The van der Waals surface area contributed by atoms with Gasteiger partial charge in [-0.3, -0.25) is 4.98 Å². The van der Waals surface area contributed by atoms with Crippen molar-refractivity contribution in [1.82, 2.24) is 10.3 Å². The lowest BCUT2D eigenvalue weighted by Gasteiger charge is -1.92. The van der Waals surface area contributed by atoms with E-state index in [2.05, 4.69) is 22.5 Å². The highest BCUT2D eigenvalue weighted by Gasteiger charge is 1.82. The lowest BCUT2D eigenvalue weighted by atomic mass is 10.2. The van der Waals surface area contributed by atoms with Gasteiger partial charge in [-0.2, -0.15) is 0 Å². The molecule has 13 heavy (non-hydrogen) atoms. The van der Waals surface area contributed by atoms with E-state index in [9.17, 15) is 0 Å². The maximum absolute atomic E-state index is 4.02. The van der Waals surface area contributed by atoms with Crippen LogP contribution in [0.25, 0.3) is 6.08 Å². The molecule has 0 spiro atoms. The summed E-state index contributed by atoms with van der Waals surface area (Å²) in [5, 5.41) is 3.09. The quantitative estimate of drug-likeness (QED) is 0.716. The predicted octanol–water partition coefficient (Wildman–Crippen LogP) is 2.34. The van der Waals surface area contributed by atoms with Gasteiger partial charge in [-0.15, -0.1) is 0 Å². The summed E-state index contributed by atoms with van der Waals surface area (Å²) in [6.07, 6.45) is 8.93. The van der Waals surface area contributed by atoms with Gasteiger partial charge in [0.1, 0.15) is 0 Å². The zero-order valence-electron chi connectivity index (χ0n) is 7.33. The zero-order valence-corrected chi connectivity index (χ0v) is 7.33. The average Bonchev–Trinajstić information content (AvgIpc) is 2.14. The van der Waals surface area contributed by atoms with E-state index in [0.717, 1.165) is 18.5 Å². The van der Waals surface area contributed by atoms with E-state index in [1.165, 1.54) is 0 Å². The molecular formula is C11H18N2. The van der Waals surface area contributed by atoms with Crippen molar-refractivity contribution in [2.45, 2.75) is 13.8 Å². The minimum atomic E-state index is 0. The van der Waals surface area contributed by atoms with Crippen LogP contribution >= 0.6 is 0 Å². The molecule has 1 aromatic rings. The van der Waals surface area contributed by atoms with Crippen LogP contribution in [-0.4, -0.2) is 18.6 Å². The first kappa shape index (κ1) is 11.8. The molecule has 0 amide bonds. The Kier molecular flexibility index (Phi) is 6.83. The molecule has 72 valence electrons. The summed E-state index contributed by atoms with van der Waals surface area (Å²) in [7, 11) is 1.96. The Bertz CT molecular complexity index is 229. The second-order valence-corrected chi connectivity index (χ2v) is 2.58. The topological polar surface area (TPSA) is 24.9 Å². The third kappa shape index (κ3) is 5.15. The Morgan fingerprint density at radius 2 is 2.38 bits per heavy atom. The fraction of sp³-hybridized carbons (Fsp3) is 0.364. The van der Waals surface area contributed by atoms with E-state index in [0.29, 0.717) is 0 Å². The number of pyridine rings is 1. The minimum Gasteiger partial charge on any atom is -0.319 e. The van der Waals surface area contributed by atoms with Gasteiger partial charge in [0.15, 0.2) is 0 Å². The average molecular weight is 178 g/mol. The minimum absolute atomic E-state index is 0. The molecule has 0 aliphatic rings. The van der Waals surface area contributed by atoms with Crippen LogP contribution in [0.1, 0.15) is 19.4 Å². The highest BCUT2D eigenvalue weighted by Crippen LogP contribution is 1.98. The van der Waals surface area contributed by atoms with Crippen LogP contribution in [0.2, 0.25) is 0 Å². The Hall–Kier alpha value is -1.15. The number of hydrogen-bond donors (Lipinski definition) is 1. The van der Waals surface area contributed by atoms with Gasteiger partial charge < -0.3 is 5.32 Å². The second kappa shape index (κ2) is 7.50. The van der Waals surface area contributed by atoms with Gasteiger partial charge in [-0.25, -0.2) is 0 Å². The molecule has 1 N–H and O–H groups in total. The third-order valence-corrected chi connectivity index (χ3v) is 1.56. The summed E-state index contributed by atoms with van der Waals surface area (Å²) in [6, 6.07) is 3.99. The monoisotopic (exact) mass is 178 g/mol. The Morgan fingerprint density at radius 3 is 3.00 bits per heavy atom. The summed E-state index contributed by atoms with van der Waals surface area (Å²) in [5.41, 5.74) is 1.16. The normalized spacial score (nSPS) is 9.92. The maximum Gasteiger partial charge on any atom is 0.0340 e. The first-order valence-corrected chi connectivity index (χ1v) is 4.14. The molecule has 0 aliphatic heterocycles. The number of aromatic nitrogens is 1. The summed E-state index contributed by atoms with van der Waals surface area (Å²) >= 11 is 0. The van der Waals surface area contributed by atoms with Crippen molar-refractivity contribution in [3.05, 3.63) is 36.2 Å². The van der Waals surface area contributed by atoms with Crippen LogP contribution < -0.4 is 5.32 Å². The fourth-order valence-electron chi connectivity index (χ4n) is 0.922. The van der Waals surface area contributed by atoms with Crippen molar-refractivity contribution in [2.75, 3.05) is 13.6 Å². The van der Waals surface area contributed by atoms with Crippen molar-refractivity contribution in [3.8, 4) is 0 Å². The van der Waals surface area contributed by atoms with Crippen molar-refractivity contribution in [2.24, 2.45) is 0 Å². The molecule has 0 bridgehead atoms. The maximum atomic E-state index is 4.02. The predicted molar refractivity (Wildman–Crippen MR) is 58.5 cm³/mol. The first-order chi connectivity index (χ1) is 5.93. The molecule has 0 aromatic carbocycles. The van der Waals surface area contributed by atoms with Crippen molar-refractivity contribution < 1.29 is 0 Å². The lowest BCUT2D eigenvalue weighted by Crippen LogP contribution is -2.05. The molecule has 1 heterocycles. The smallest absolute Gasteiger partial charge is 0.0340 e. The van der Waals surface area contributed by atoms with Crippen LogP contribution in [0, 0.1) is 0 Å². The summed E-state index contributed by atoms with van der Waals surface area (Å²) in [4.78, 5) is 4.02. The summed E-state index contributed by atoms with van der Waals surface area (Å²) in [6.45, 7) is 1.02. The van der Waals surface area contributed by atoms with E-state index in [4.69, 9.17) is 0 Å². The van der Waals surface area contributed by atoms with E-state index in [1.54, 1.807) is 6.20 Å². The summed E-state index contributed by atoms with van der Waals surface area (Å²) in [5.74, 6) is 0. The molecule has 2 nitrogen and oxygen atoms in total. The number of nitrogens with one attached hydrogen (secondary N) is 1. The van der Waals surface area contributed by atoms with Crippen LogP contribution in [0.3, 0.4) is 0 Å². The van der Waals surface area contributed by atoms with Crippen LogP contribution in [0.5, 0.6) is 0 Å². The van der Waals surface area contributed by atoms with Gasteiger partial charge in [0.2, 0.25) is 0 Å². The van der Waals surface area contributed by atoms with Crippen LogP contribution in [-0.2, 0) is 0 Å². The van der Waals surface area contributed by atoms with E-state index in [-0.39, 0.29) is 7.43 Å². The van der Waals surface area contributed by atoms with E-state index < -0.39 is 0 Å². The van der Waals surface area contributed by atoms with Gasteiger partial charge >= 0.3 is 0 Å². The van der Waals surface area contributed by atoms with Gasteiger partial charge in [-0.1, -0.05) is 25.6 Å². The molecule has 0 unspecified atom stereocenters. The Morgan fingerprint density at radius 1 is 1.54 bits per heavy atom. The third-order valence-electron chi connectivity index (χ3n) is 1.56. The van der Waals surface area contributed by atoms with Gasteiger partial charge in [-0.05, 0) is 31.6 Å². The van der Waals surface area contributed by atoms with Crippen LogP contribution in [0.15, 0.2) is 30.6 Å². The number of rotatable bonds is 4. The Labute approximate surface area is 80.7 Å². The molecule has 0 aliphatic carbocycles. The molecule has 0 saturated heterocycles. The van der Waals surface area contributed by atoms with Crippen molar-refractivity contribution in [1.29, 1.82) is 0 Å². The van der Waals surface area contributed by atoms with Crippen molar-refractivity contribution >= 4 is 6.08 Å². The number of nitrogens with zero attached hydrogens (tertiary/aromatic N) is 1. The Balaban J connectivity index is 0.00000144. The molecular weight excluding hydrogens is 160 g/mol. The van der Waals surface area contributed by atoms with Crippen molar-refractivity contribution in [3.63, 3.8) is 0 Å². The van der Waals surface area contributed by atoms with Crippen LogP contribution in [0.4, 0.5) is 0 Å². The van der Waals surface area contributed by atoms with Gasteiger partial charge in [0.05, 0.1) is 0 Å². The lowest BCUT2D eigenvalue weighted by molar-refractivity contribution is 0.809. The fourth-order valence-corrected chi connectivity index (χ4v) is 0.922. The molecule has 0 fully saturated rings. The number of hydrogen-bond acceptors (Lipinski definition) is 2.